The number of halogens is 1. The van der Waals surface area contributed by atoms with Crippen LogP contribution >= 0.6 is 0 Å². The van der Waals surface area contributed by atoms with Gasteiger partial charge in [-0.25, -0.2) is 14.1 Å². The molecule has 4 aromatic rings. The molecule has 3 aromatic carbocycles. The average Bonchev–Trinajstić information content (AvgIpc) is 3.25. The molecular weight excluding hydrogens is 497 g/mol. The smallest absolute Gasteiger partial charge is 0.335 e. The van der Waals surface area contributed by atoms with Crippen LogP contribution in [0.3, 0.4) is 0 Å². The van der Waals surface area contributed by atoms with E-state index in [1.807, 2.05) is 47.2 Å². The normalized spacial score (nSPS) is 15.2. The Bertz CT molecular complexity index is 1600. The number of urea groups is 1. The first-order chi connectivity index (χ1) is 18.6. The Morgan fingerprint density at radius 1 is 0.923 bits per heavy atom. The number of benzene rings is 3. The fourth-order valence-electron chi connectivity index (χ4n) is 4.53. The first-order valence-corrected chi connectivity index (χ1v) is 12.6. The average molecular weight is 526 g/mol. The number of hydrogen-bond acceptors (Lipinski definition) is 4. The summed E-state index contributed by atoms with van der Waals surface area (Å²) < 4.78 is 21.4. The number of barbiturate groups is 1. The molecule has 1 aliphatic rings. The molecule has 1 N–H and O–H groups in total. The predicted molar refractivity (Wildman–Crippen MR) is 148 cm³/mol. The highest BCUT2D eigenvalue weighted by atomic mass is 19.1. The van der Waals surface area contributed by atoms with Gasteiger partial charge >= 0.3 is 6.03 Å². The molecule has 0 atom stereocenters. The summed E-state index contributed by atoms with van der Waals surface area (Å²) in [5.41, 5.74) is 2.81. The van der Waals surface area contributed by atoms with Crippen LogP contribution in [0.4, 0.5) is 14.9 Å². The van der Waals surface area contributed by atoms with E-state index in [4.69, 9.17) is 4.74 Å². The van der Waals surface area contributed by atoms with Gasteiger partial charge in [0.1, 0.15) is 23.7 Å². The molecule has 1 fully saturated rings. The van der Waals surface area contributed by atoms with Crippen LogP contribution in [-0.4, -0.2) is 29.0 Å². The molecule has 0 saturated carbocycles. The first-order valence-electron chi connectivity index (χ1n) is 12.6. The number of nitrogens with one attached hydrogen (secondary N) is 1. The summed E-state index contributed by atoms with van der Waals surface area (Å²) in [6, 6.07) is 19.7. The SMILES string of the molecule is CC(C)(C)c1ccc(OCCn2cc(C=C3C(=O)NC(=O)N(c4ccc(F)cc4)C3=O)c3ccccc32)cc1. The van der Waals surface area contributed by atoms with Gasteiger partial charge in [-0.1, -0.05) is 51.1 Å². The summed E-state index contributed by atoms with van der Waals surface area (Å²) in [6.45, 7) is 7.43. The van der Waals surface area contributed by atoms with Gasteiger partial charge in [-0.3, -0.25) is 14.9 Å². The molecule has 0 spiro atoms. The Balaban J connectivity index is 1.39. The number of para-hydroxylation sites is 1. The lowest BCUT2D eigenvalue weighted by atomic mass is 9.87. The van der Waals surface area contributed by atoms with Gasteiger partial charge in [-0.05, 0) is 59.5 Å². The molecule has 8 heteroatoms. The molecular formula is C31H28FN3O4. The fourth-order valence-corrected chi connectivity index (χ4v) is 4.53. The van der Waals surface area contributed by atoms with Gasteiger partial charge in [-0.2, -0.15) is 0 Å². The van der Waals surface area contributed by atoms with Crippen LogP contribution in [0, 0.1) is 5.82 Å². The Hall–Kier alpha value is -4.72. The third kappa shape index (κ3) is 5.31. The summed E-state index contributed by atoms with van der Waals surface area (Å²) in [6.07, 6.45) is 3.33. The third-order valence-electron chi connectivity index (χ3n) is 6.63. The second-order valence-electron chi connectivity index (χ2n) is 10.4. The second-order valence-corrected chi connectivity index (χ2v) is 10.4. The van der Waals surface area contributed by atoms with Crippen molar-refractivity contribution < 1.29 is 23.5 Å². The number of amides is 4. The van der Waals surface area contributed by atoms with E-state index in [1.165, 1.54) is 23.8 Å². The number of hydrogen-bond donors (Lipinski definition) is 1. The van der Waals surface area contributed by atoms with Crippen molar-refractivity contribution in [2.45, 2.75) is 32.7 Å². The van der Waals surface area contributed by atoms with Crippen molar-refractivity contribution >= 4 is 40.5 Å². The number of fused-ring (bicyclic) bond motifs is 1. The van der Waals surface area contributed by atoms with Crippen LogP contribution in [0.15, 0.2) is 84.6 Å². The van der Waals surface area contributed by atoms with E-state index in [2.05, 4.69) is 38.2 Å². The Kier molecular flexibility index (Phi) is 6.78. The van der Waals surface area contributed by atoms with Crippen molar-refractivity contribution in [2.24, 2.45) is 0 Å². The van der Waals surface area contributed by atoms with Gasteiger partial charge in [0.25, 0.3) is 11.8 Å². The number of anilines is 1. The topological polar surface area (TPSA) is 80.6 Å². The van der Waals surface area contributed by atoms with Crippen LogP contribution in [0.5, 0.6) is 5.75 Å². The lowest BCUT2D eigenvalue weighted by Gasteiger charge is -2.26. The number of carbonyl (C=O) groups excluding carboxylic acids is 3. The monoisotopic (exact) mass is 525 g/mol. The molecule has 39 heavy (non-hydrogen) atoms. The molecule has 0 unspecified atom stereocenters. The van der Waals surface area contributed by atoms with Gasteiger partial charge in [0.05, 0.1) is 12.2 Å². The Morgan fingerprint density at radius 2 is 1.62 bits per heavy atom. The summed E-state index contributed by atoms with van der Waals surface area (Å²) in [5, 5.41) is 3.04. The van der Waals surface area contributed by atoms with Crippen molar-refractivity contribution in [1.82, 2.24) is 9.88 Å². The van der Waals surface area contributed by atoms with E-state index in [-0.39, 0.29) is 16.7 Å². The standard InChI is InChI=1S/C31H28FN3O4/c1-31(2,3)21-8-14-24(15-9-21)39-17-16-34-19-20(25-6-4-5-7-27(25)34)18-26-28(36)33-30(38)35(29(26)37)23-12-10-22(32)11-13-23/h4-15,18-19H,16-17H2,1-3H3,(H,33,36,38). The molecule has 0 radical (unpaired) electrons. The maximum absolute atomic E-state index is 13.4. The van der Waals surface area contributed by atoms with Crippen LogP contribution in [0.1, 0.15) is 31.9 Å². The zero-order chi connectivity index (χ0) is 27.7. The Labute approximate surface area is 225 Å². The maximum atomic E-state index is 13.4. The molecule has 0 bridgehead atoms. The van der Waals surface area contributed by atoms with Crippen LogP contribution < -0.4 is 15.0 Å². The minimum absolute atomic E-state index is 0.0629. The molecule has 2 heterocycles. The highest BCUT2D eigenvalue weighted by Gasteiger charge is 2.37. The van der Waals surface area contributed by atoms with Gasteiger partial charge < -0.3 is 9.30 Å². The highest BCUT2D eigenvalue weighted by molar-refractivity contribution is 6.39. The maximum Gasteiger partial charge on any atom is 0.335 e. The second kappa shape index (κ2) is 10.2. The van der Waals surface area contributed by atoms with Gasteiger partial charge in [-0.15, -0.1) is 0 Å². The number of carbonyl (C=O) groups is 3. The molecule has 198 valence electrons. The van der Waals surface area contributed by atoms with E-state index in [9.17, 15) is 18.8 Å². The molecule has 1 saturated heterocycles. The molecule has 4 amide bonds. The number of aromatic nitrogens is 1. The van der Waals surface area contributed by atoms with Gasteiger partial charge in [0.2, 0.25) is 0 Å². The minimum Gasteiger partial charge on any atom is -0.492 e. The van der Waals surface area contributed by atoms with Crippen molar-refractivity contribution in [3.63, 3.8) is 0 Å². The Morgan fingerprint density at radius 3 is 2.31 bits per heavy atom. The van der Waals surface area contributed by atoms with Crippen LogP contribution in [0.25, 0.3) is 17.0 Å². The van der Waals surface area contributed by atoms with Gasteiger partial charge in [0.15, 0.2) is 0 Å². The molecule has 1 aromatic heterocycles. The summed E-state index contributed by atoms with van der Waals surface area (Å²) in [5.74, 6) is -1.30. The van der Waals surface area contributed by atoms with Crippen molar-refractivity contribution in [1.29, 1.82) is 0 Å². The van der Waals surface area contributed by atoms with Crippen LogP contribution in [0.2, 0.25) is 0 Å². The fraction of sp³-hybridized carbons (Fsp3) is 0.194. The van der Waals surface area contributed by atoms with Crippen molar-refractivity contribution in [2.75, 3.05) is 11.5 Å². The number of imide groups is 2. The van der Waals surface area contributed by atoms with E-state index >= 15 is 0 Å². The quantitative estimate of drug-likeness (QED) is 0.254. The zero-order valence-electron chi connectivity index (χ0n) is 21.9. The van der Waals surface area contributed by atoms with E-state index < -0.39 is 23.7 Å². The highest BCUT2D eigenvalue weighted by Crippen LogP contribution is 2.27. The van der Waals surface area contributed by atoms with E-state index in [0.29, 0.717) is 18.7 Å². The summed E-state index contributed by atoms with van der Waals surface area (Å²) in [7, 11) is 0. The van der Waals surface area contributed by atoms with E-state index in [1.54, 1.807) is 0 Å². The molecule has 1 aliphatic heterocycles. The number of rotatable bonds is 6. The number of ether oxygens (including phenoxy) is 1. The lowest BCUT2D eigenvalue weighted by molar-refractivity contribution is -0.122. The van der Waals surface area contributed by atoms with Gasteiger partial charge in [0, 0.05) is 22.7 Å². The minimum atomic E-state index is -0.885. The van der Waals surface area contributed by atoms with Crippen LogP contribution in [-0.2, 0) is 21.5 Å². The van der Waals surface area contributed by atoms with Crippen molar-refractivity contribution in [3.8, 4) is 5.75 Å². The number of nitrogens with zero attached hydrogens (tertiary/aromatic N) is 2. The molecule has 0 aliphatic carbocycles. The lowest BCUT2D eigenvalue weighted by Crippen LogP contribution is -2.54. The first kappa shape index (κ1) is 25.9. The molecule has 5 rings (SSSR count). The zero-order valence-corrected chi connectivity index (χ0v) is 21.9. The summed E-state index contributed by atoms with van der Waals surface area (Å²) in [4.78, 5) is 39.2. The van der Waals surface area contributed by atoms with Crippen molar-refractivity contribution in [3.05, 3.63) is 102 Å². The summed E-state index contributed by atoms with van der Waals surface area (Å²) >= 11 is 0. The largest absolute Gasteiger partial charge is 0.492 e. The third-order valence-corrected chi connectivity index (χ3v) is 6.63. The van der Waals surface area contributed by atoms with E-state index in [0.717, 1.165) is 33.7 Å². The predicted octanol–water partition coefficient (Wildman–Crippen LogP) is 5.82. The molecule has 7 nitrogen and oxygen atoms in total.